The van der Waals surface area contributed by atoms with Gasteiger partial charge >= 0.3 is 0 Å². The van der Waals surface area contributed by atoms with E-state index in [4.69, 9.17) is 17.2 Å². The SMILES string of the molecule is C[C@@H](c1ccc2ccccc2c1)N1CC(=O)N(CCCN)CC(=O)N([C@@H](C)c2cccc3ccccc23)CC(=O)N(CCCN)CC(=O)N([C@@H](C)c2cccc3ccccc23)CC(=O)N(CCCN)CC1=O. The first-order chi connectivity index (χ1) is 34.8. The summed E-state index contributed by atoms with van der Waals surface area (Å²) in [6, 6.07) is 38.8. The van der Waals surface area contributed by atoms with Crippen LogP contribution in [0.5, 0.6) is 0 Å². The Kier molecular flexibility index (Phi) is 18.1. The van der Waals surface area contributed by atoms with Gasteiger partial charge in [0.1, 0.15) is 19.6 Å². The summed E-state index contributed by atoms with van der Waals surface area (Å²) in [7, 11) is 0. The van der Waals surface area contributed by atoms with E-state index in [2.05, 4.69) is 0 Å². The molecule has 72 heavy (non-hydrogen) atoms. The molecule has 0 aliphatic carbocycles. The number of hydrogen-bond acceptors (Lipinski definition) is 9. The van der Waals surface area contributed by atoms with E-state index in [1.165, 1.54) is 29.4 Å². The summed E-state index contributed by atoms with van der Waals surface area (Å²) in [6.45, 7) is 3.92. The van der Waals surface area contributed by atoms with Crippen LogP contribution in [-0.4, -0.2) is 143 Å². The zero-order valence-corrected chi connectivity index (χ0v) is 41.8. The average molecular weight is 976 g/mol. The molecule has 1 heterocycles. The van der Waals surface area contributed by atoms with Crippen molar-refractivity contribution in [2.24, 2.45) is 17.2 Å². The van der Waals surface area contributed by atoms with Gasteiger partial charge in [0, 0.05) is 19.6 Å². The molecule has 1 fully saturated rings. The van der Waals surface area contributed by atoms with Crippen molar-refractivity contribution in [1.29, 1.82) is 0 Å². The second kappa shape index (κ2) is 24.8. The fourth-order valence-electron chi connectivity index (χ4n) is 9.76. The highest BCUT2D eigenvalue weighted by atomic mass is 16.2. The number of amides is 6. The molecule has 15 heteroatoms. The molecule has 0 unspecified atom stereocenters. The summed E-state index contributed by atoms with van der Waals surface area (Å²) in [5.74, 6) is -3.05. The van der Waals surface area contributed by atoms with E-state index in [0.717, 1.165) is 49.0 Å². The third kappa shape index (κ3) is 12.4. The summed E-state index contributed by atoms with van der Waals surface area (Å²) >= 11 is 0. The van der Waals surface area contributed by atoms with Gasteiger partial charge in [-0.25, -0.2) is 0 Å². The van der Waals surface area contributed by atoms with Crippen molar-refractivity contribution < 1.29 is 28.8 Å². The van der Waals surface area contributed by atoms with Gasteiger partial charge in [-0.2, -0.15) is 0 Å². The van der Waals surface area contributed by atoms with Crippen LogP contribution in [0.25, 0.3) is 32.3 Å². The Balaban J connectivity index is 1.36. The van der Waals surface area contributed by atoms with Crippen molar-refractivity contribution in [3.8, 4) is 0 Å². The lowest BCUT2D eigenvalue weighted by Gasteiger charge is -2.37. The van der Waals surface area contributed by atoms with E-state index in [1.807, 2.05) is 148 Å². The predicted molar refractivity (Wildman–Crippen MR) is 283 cm³/mol. The van der Waals surface area contributed by atoms with Gasteiger partial charge < -0.3 is 46.6 Å². The molecule has 1 saturated heterocycles. The molecule has 1 aliphatic rings. The fraction of sp³-hybridized carbons (Fsp3) is 0.368. The summed E-state index contributed by atoms with van der Waals surface area (Å²) in [5.41, 5.74) is 20.4. The molecule has 0 bridgehead atoms. The van der Waals surface area contributed by atoms with Crippen molar-refractivity contribution in [3.63, 3.8) is 0 Å². The van der Waals surface area contributed by atoms with E-state index in [0.29, 0.717) is 19.3 Å². The monoisotopic (exact) mass is 976 g/mol. The number of hydrogen-bond donors (Lipinski definition) is 3. The molecule has 15 nitrogen and oxygen atoms in total. The first-order valence-corrected chi connectivity index (χ1v) is 25.1. The van der Waals surface area contributed by atoms with Crippen LogP contribution in [0, 0.1) is 0 Å². The third-order valence-electron chi connectivity index (χ3n) is 14.0. The lowest BCUT2D eigenvalue weighted by atomic mass is 9.98. The summed E-state index contributed by atoms with van der Waals surface area (Å²) in [4.78, 5) is 98.7. The van der Waals surface area contributed by atoms with Gasteiger partial charge in [-0.3, -0.25) is 28.8 Å². The lowest BCUT2D eigenvalue weighted by Crippen LogP contribution is -2.54. The largest absolute Gasteiger partial charge is 0.332 e. The van der Waals surface area contributed by atoms with Crippen LogP contribution >= 0.6 is 0 Å². The molecule has 7 rings (SSSR count). The van der Waals surface area contributed by atoms with Crippen LogP contribution in [0.2, 0.25) is 0 Å². The Morgan fingerprint density at radius 2 is 0.722 bits per heavy atom. The Labute approximate surface area is 422 Å². The smallest absolute Gasteiger partial charge is 0.243 e. The minimum atomic E-state index is -0.678. The first-order valence-electron chi connectivity index (χ1n) is 25.1. The predicted octanol–water partition coefficient (Wildman–Crippen LogP) is 5.76. The highest BCUT2D eigenvalue weighted by molar-refractivity contribution is 5.95. The van der Waals surface area contributed by atoms with Gasteiger partial charge in [-0.1, -0.05) is 121 Å². The Morgan fingerprint density at radius 1 is 0.375 bits per heavy atom. The molecule has 0 saturated carbocycles. The third-order valence-corrected chi connectivity index (χ3v) is 14.0. The normalized spacial score (nSPS) is 16.8. The summed E-state index contributed by atoms with van der Waals surface area (Å²) in [5, 5.41) is 5.61. The second-order valence-electron chi connectivity index (χ2n) is 18.7. The van der Waals surface area contributed by atoms with Gasteiger partial charge in [0.25, 0.3) is 0 Å². The number of nitrogens with zero attached hydrogens (tertiary/aromatic N) is 6. The van der Waals surface area contributed by atoms with Gasteiger partial charge in [-0.05, 0) is 115 Å². The molecule has 1 aliphatic heterocycles. The van der Waals surface area contributed by atoms with E-state index in [1.54, 1.807) is 0 Å². The molecule has 6 aromatic rings. The van der Waals surface area contributed by atoms with Crippen molar-refractivity contribution in [1.82, 2.24) is 29.4 Å². The van der Waals surface area contributed by atoms with Crippen LogP contribution in [-0.2, 0) is 28.8 Å². The number of carbonyl (C=O) groups excluding carboxylic acids is 6. The Hall–Kier alpha value is -7.20. The van der Waals surface area contributed by atoms with Crippen LogP contribution in [0.15, 0.2) is 127 Å². The lowest BCUT2D eigenvalue weighted by molar-refractivity contribution is -0.152. The van der Waals surface area contributed by atoms with Gasteiger partial charge in [-0.15, -0.1) is 0 Å². The van der Waals surface area contributed by atoms with Crippen LogP contribution in [0.1, 0.15) is 74.8 Å². The molecule has 3 atom stereocenters. The zero-order chi connectivity index (χ0) is 51.3. The Morgan fingerprint density at radius 3 is 1.12 bits per heavy atom. The van der Waals surface area contributed by atoms with Gasteiger partial charge in [0.15, 0.2) is 0 Å². The Bertz CT molecular complexity index is 2790. The topological polar surface area (TPSA) is 200 Å². The maximum absolute atomic E-state index is 15.1. The number of carbonyl (C=O) groups is 6. The maximum atomic E-state index is 15.1. The van der Waals surface area contributed by atoms with Crippen molar-refractivity contribution in [3.05, 3.63) is 144 Å². The molecule has 0 aromatic heterocycles. The minimum Gasteiger partial charge on any atom is -0.332 e. The summed E-state index contributed by atoms with van der Waals surface area (Å²) < 4.78 is 0. The first kappa shape index (κ1) is 52.6. The minimum absolute atomic E-state index is 0.0969. The molecule has 6 aromatic carbocycles. The summed E-state index contributed by atoms with van der Waals surface area (Å²) in [6.07, 6.45) is 1.07. The van der Waals surface area contributed by atoms with E-state index in [-0.39, 0.29) is 39.3 Å². The number of rotatable bonds is 15. The van der Waals surface area contributed by atoms with Crippen molar-refractivity contribution in [2.75, 3.05) is 78.5 Å². The van der Waals surface area contributed by atoms with E-state index >= 15 is 14.4 Å². The standard InChI is InChI=1S/C57H69N9O6/c1-40(46-26-25-43-15-4-5-18-47(43)33-46)64-37-52(67)62(31-13-28-59)35-56(71)66(42(3)49-24-11-20-45-17-7-9-22-51(45)49)39-54(69)63(32-14-29-60)36-57(72)65(38-53(68)61(30-12-27-58)34-55(64)70)41(2)48-23-10-19-44-16-6-8-21-50(44)48/h4-11,15-26,33,40-42H,12-14,27-32,34-39,58-60H2,1-3H3/t40-,41-,42-/m0/s1. The molecule has 6 amide bonds. The number of fused-ring (bicyclic) bond motifs is 3. The zero-order valence-electron chi connectivity index (χ0n) is 41.8. The number of nitrogens with two attached hydrogens (primary N) is 3. The molecular weight excluding hydrogens is 907 g/mol. The van der Waals surface area contributed by atoms with Crippen LogP contribution in [0.3, 0.4) is 0 Å². The molecule has 0 radical (unpaired) electrons. The quantitative estimate of drug-likeness (QED) is 0.115. The molecule has 378 valence electrons. The molecular formula is C57H69N9O6. The van der Waals surface area contributed by atoms with E-state index in [9.17, 15) is 14.4 Å². The highest BCUT2D eigenvalue weighted by Crippen LogP contribution is 2.31. The van der Waals surface area contributed by atoms with Crippen molar-refractivity contribution >= 4 is 67.8 Å². The van der Waals surface area contributed by atoms with Crippen molar-refractivity contribution in [2.45, 2.75) is 58.2 Å². The highest BCUT2D eigenvalue weighted by Gasteiger charge is 2.36. The van der Waals surface area contributed by atoms with Gasteiger partial charge in [0.2, 0.25) is 35.4 Å². The van der Waals surface area contributed by atoms with E-state index < -0.39 is 92.8 Å². The second-order valence-corrected chi connectivity index (χ2v) is 18.7. The number of benzene rings is 6. The molecule has 6 N–H and O–H groups in total. The van der Waals surface area contributed by atoms with Crippen LogP contribution < -0.4 is 17.2 Å². The maximum Gasteiger partial charge on any atom is 0.243 e. The van der Waals surface area contributed by atoms with Gasteiger partial charge in [0.05, 0.1) is 37.8 Å². The fourth-order valence-corrected chi connectivity index (χ4v) is 9.76. The molecule has 0 spiro atoms. The average Bonchev–Trinajstić information content (AvgIpc) is 3.40. The van der Waals surface area contributed by atoms with Crippen LogP contribution in [0.4, 0.5) is 0 Å².